The third-order valence-corrected chi connectivity index (χ3v) is 4.53. The average molecular weight is 254 g/mol. The molecule has 1 aliphatic carbocycles. The molecule has 0 aromatic rings. The highest BCUT2D eigenvalue weighted by Crippen LogP contribution is 2.42. The zero-order chi connectivity index (χ0) is 13.2. The van der Waals surface area contributed by atoms with Gasteiger partial charge in [-0.1, -0.05) is 13.8 Å². The maximum absolute atomic E-state index is 12.2. The Morgan fingerprint density at radius 3 is 2.83 bits per heavy atom. The van der Waals surface area contributed by atoms with Crippen LogP contribution in [-0.4, -0.2) is 37.7 Å². The van der Waals surface area contributed by atoms with Crippen molar-refractivity contribution in [3.8, 4) is 0 Å². The van der Waals surface area contributed by atoms with E-state index in [1.165, 1.54) is 0 Å². The van der Waals surface area contributed by atoms with Gasteiger partial charge in [-0.05, 0) is 32.7 Å². The Balaban J connectivity index is 1.81. The SMILES string of the molecule is CCOC1CC(NC(=O)C2CCCNC2)C1(C)C. The van der Waals surface area contributed by atoms with Gasteiger partial charge in [0.15, 0.2) is 0 Å². The zero-order valence-corrected chi connectivity index (χ0v) is 11.8. The van der Waals surface area contributed by atoms with Crippen molar-refractivity contribution in [3.05, 3.63) is 0 Å². The van der Waals surface area contributed by atoms with E-state index >= 15 is 0 Å². The molecule has 104 valence electrons. The molecule has 3 unspecified atom stereocenters. The van der Waals surface area contributed by atoms with Crippen LogP contribution < -0.4 is 10.6 Å². The van der Waals surface area contributed by atoms with Gasteiger partial charge in [-0.25, -0.2) is 0 Å². The van der Waals surface area contributed by atoms with Crippen LogP contribution in [0.15, 0.2) is 0 Å². The van der Waals surface area contributed by atoms with Crippen molar-refractivity contribution in [1.82, 2.24) is 10.6 Å². The Bertz CT molecular complexity index is 298. The molecular formula is C14H26N2O2. The first-order valence-corrected chi connectivity index (χ1v) is 7.18. The zero-order valence-electron chi connectivity index (χ0n) is 11.8. The van der Waals surface area contributed by atoms with Crippen LogP contribution in [0.25, 0.3) is 0 Å². The van der Waals surface area contributed by atoms with E-state index in [2.05, 4.69) is 24.5 Å². The third kappa shape index (κ3) is 2.69. The van der Waals surface area contributed by atoms with Crippen LogP contribution in [0.3, 0.4) is 0 Å². The molecule has 0 radical (unpaired) electrons. The molecule has 4 nitrogen and oxygen atoms in total. The van der Waals surface area contributed by atoms with Crippen molar-refractivity contribution in [2.75, 3.05) is 19.7 Å². The number of piperidine rings is 1. The van der Waals surface area contributed by atoms with Gasteiger partial charge < -0.3 is 15.4 Å². The van der Waals surface area contributed by atoms with Gasteiger partial charge in [0.25, 0.3) is 0 Å². The van der Waals surface area contributed by atoms with Gasteiger partial charge in [-0.3, -0.25) is 4.79 Å². The molecule has 0 aromatic carbocycles. The van der Waals surface area contributed by atoms with Crippen molar-refractivity contribution in [2.45, 2.75) is 52.2 Å². The lowest BCUT2D eigenvalue weighted by Crippen LogP contribution is -2.63. The van der Waals surface area contributed by atoms with E-state index in [9.17, 15) is 4.79 Å². The number of carbonyl (C=O) groups is 1. The normalized spacial score (nSPS) is 34.7. The summed E-state index contributed by atoms with van der Waals surface area (Å²) in [6, 6.07) is 0.267. The molecule has 1 aliphatic heterocycles. The molecule has 1 saturated carbocycles. The highest BCUT2D eigenvalue weighted by Gasteiger charge is 2.49. The van der Waals surface area contributed by atoms with Gasteiger partial charge in [0.05, 0.1) is 12.0 Å². The van der Waals surface area contributed by atoms with Gasteiger partial charge in [-0.15, -0.1) is 0 Å². The molecule has 2 fully saturated rings. The van der Waals surface area contributed by atoms with E-state index in [1.54, 1.807) is 0 Å². The van der Waals surface area contributed by atoms with E-state index in [0.29, 0.717) is 0 Å². The van der Waals surface area contributed by atoms with E-state index in [1.807, 2.05) is 6.92 Å². The van der Waals surface area contributed by atoms with Crippen molar-refractivity contribution < 1.29 is 9.53 Å². The molecule has 0 aromatic heterocycles. The number of amides is 1. The van der Waals surface area contributed by atoms with Crippen LogP contribution >= 0.6 is 0 Å². The quantitative estimate of drug-likeness (QED) is 0.795. The van der Waals surface area contributed by atoms with E-state index in [0.717, 1.165) is 39.0 Å². The van der Waals surface area contributed by atoms with Gasteiger partial charge in [0.2, 0.25) is 5.91 Å². The third-order valence-electron chi connectivity index (χ3n) is 4.53. The second-order valence-corrected chi connectivity index (χ2v) is 6.11. The van der Waals surface area contributed by atoms with Crippen molar-refractivity contribution in [1.29, 1.82) is 0 Å². The van der Waals surface area contributed by atoms with Gasteiger partial charge >= 0.3 is 0 Å². The number of nitrogens with one attached hydrogen (secondary N) is 2. The lowest BCUT2D eigenvalue weighted by atomic mass is 9.64. The predicted molar refractivity (Wildman–Crippen MR) is 71.3 cm³/mol. The number of ether oxygens (including phenoxy) is 1. The number of carbonyl (C=O) groups excluding carboxylic acids is 1. The van der Waals surface area contributed by atoms with Crippen molar-refractivity contribution in [3.63, 3.8) is 0 Å². The lowest BCUT2D eigenvalue weighted by Gasteiger charge is -2.52. The second-order valence-electron chi connectivity index (χ2n) is 6.11. The minimum Gasteiger partial charge on any atom is -0.378 e. The summed E-state index contributed by atoms with van der Waals surface area (Å²) < 4.78 is 5.69. The molecule has 0 bridgehead atoms. The number of rotatable bonds is 4. The summed E-state index contributed by atoms with van der Waals surface area (Å²) >= 11 is 0. The second kappa shape index (κ2) is 5.57. The Morgan fingerprint density at radius 2 is 2.28 bits per heavy atom. The fourth-order valence-corrected chi connectivity index (χ4v) is 2.98. The summed E-state index contributed by atoms with van der Waals surface area (Å²) in [7, 11) is 0. The standard InChI is InChI=1S/C14H26N2O2/c1-4-18-12-8-11(14(12,2)3)16-13(17)10-6-5-7-15-9-10/h10-12,15H,4-9H2,1-3H3,(H,16,17). The summed E-state index contributed by atoms with van der Waals surface area (Å²) in [5, 5.41) is 6.50. The molecule has 1 saturated heterocycles. The lowest BCUT2D eigenvalue weighted by molar-refractivity contribution is -0.140. The highest BCUT2D eigenvalue weighted by atomic mass is 16.5. The van der Waals surface area contributed by atoms with Crippen LogP contribution in [0.5, 0.6) is 0 Å². The van der Waals surface area contributed by atoms with E-state index < -0.39 is 0 Å². The molecule has 2 N–H and O–H groups in total. The first-order chi connectivity index (χ1) is 8.55. The predicted octanol–water partition coefficient (Wildman–Crippen LogP) is 1.31. The Morgan fingerprint density at radius 1 is 1.50 bits per heavy atom. The maximum atomic E-state index is 12.2. The smallest absolute Gasteiger partial charge is 0.224 e. The minimum atomic E-state index is 0.0633. The average Bonchev–Trinajstić information content (AvgIpc) is 2.38. The van der Waals surface area contributed by atoms with Crippen LogP contribution in [0.4, 0.5) is 0 Å². The Hall–Kier alpha value is -0.610. The van der Waals surface area contributed by atoms with E-state index in [4.69, 9.17) is 4.74 Å². The Labute approximate surface area is 110 Å². The molecule has 3 atom stereocenters. The first kappa shape index (κ1) is 13.8. The molecule has 1 heterocycles. The number of hydrogen-bond donors (Lipinski definition) is 2. The van der Waals surface area contributed by atoms with Crippen LogP contribution in [0.1, 0.15) is 40.0 Å². The van der Waals surface area contributed by atoms with Gasteiger partial charge in [0, 0.05) is 24.6 Å². The minimum absolute atomic E-state index is 0.0633. The van der Waals surface area contributed by atoms with Crippen LogP contribution in [-0.2, 0) is 9.53 Å². The summed E-state index contributed by atoms with van der Waals surface area (Å²) in [5.74, 6) is 0.371. The molecule has 4 heteroatoms. The van der Waals surface area contributed by atoms with Crippen molar-refractivity contribution in [2.24, 2.45) is 11.3 Å². The largest absolute Gasteiger partial charge is 0.378 e. The van der Waals surface area contributed by atoms with Gasteiger partial charge in [-0.2, -0.15) is 0 Å². The summed E-state index contributed by atoms with van der Waals surface area (Å²) in [4.78, 5) is 12.2. The van der Waals surface area contributed by atoms with Crippen molar-refractivity contribution >= 4 is 5.91 Å². The van der Waals surface area contributed by atoms with E-state index in [-0.39, 0.29) is 29.4 Å². The molecular weight excluding hydrogens is 228 g/mol. The molecule has 1 amide bonds. The topological polar surface area (TPSA) is 50.4 Å². The molecule has 2 rings (SSSR count). The number of hydrogen-bond acceptors (Lipinski definition) is 3. The van der Waals surface area contributed by atoms with Crippen LogP contribution in [0, 0.1) is 11.3 Å². The molecule has 2 aliphatic rings. The summed E-state index contributed by atoms with van der Waals surface area (Å²) in [6.45, 7) is 9.01. The fourth-order valence-electron chi connectivity index (χ4n) is 2.98. The maximum Gasteiger partial charge on any atom is 0.224 e. The van der Waals surface area contributed by atoms with Crippen LogP contribution in [0.2, 0.25) is 0 Å². The van der Waals surface area contributed by atoms with Gasteiger partial charge in [0.1, 0.15) is 0 Å². The summed E-state index contributed by atoms with van der Waals surface area (Å²) in [6.07, 6.45) is 3.36. The molecule has 18 heavy (non-hydrogen) atoms. The Kier molecular flexibility index (Phi) is 4.28. The highest BCUT2D eigenvalue weighted by molar-refractivity contribution is 5.79. The monoisotopic (exact) mass is 254 g/mol. The molecule has 0 spiro atoms. The summed E-state index contributed by atoms with van der Waals surface area (Å²) in [5.41, 5.74) is 0.0633. The fraction of sp³-hybridized carbons (Fsp3) is 0.929. The first-order valence-electron chi connectivity index (χ1n) is 7.18.